The summed E-state index contributed by atoms with van der Waals surface area (Å²) in [6.45, 7) is 3.96. The molecule has 0 saturated carbocycles. The molecule has 0 amide bonds. The maximum Gasteiger partial charge on any atom is 0.306 e. The zero-order valence-electron chi connectivity index (χ0n) is 33.2. The predicted molar refractivity (Wildman–Crippen MR) is 213 cm³/mol. The molecule has 10 heteroatoms. The van der Waals surface area contributed by atoms with Gasteiger partial charge in [-0.1, -0.05) is 119 Å². The quantitative estimate of drug-likeness (QED) is 0.0210. The minimum atomic E-state index is -4.64. The van der Waals surface area contributed by atoms with E-state index >= 15 is 0 Å². The van der Waals surface area contributed by atoms with Gasteiger partial charge < -0.3 is 27.9 Å². The lowest BCUT2D eigenvalue weighted by atomic mass is 10.1. The van der Waals surface area contributed by atoms with E-state index < -0.39 is 32.5 Å². The SMILES string of the molecule is CC/C=C\C/C=C\C/C=C\C/C=C\C/C=C\CCCC(=O)OC[C@H](COP(=O)([O-])OCC[N+](C)(C)C)OC(=O)CCCCCCC/C=C\CCCC. The first kappa shape index (κ1) is 49.5. The number of phosphoric ester groups is 1. The van der Waals surface area contributed by atoms with Gasteiger partial charge in [-0.05, 0) is 70.6 Å². The lowest BCUT2D eigenvalue weighted by Gasteiger charge is -2.28. The summed E-state index contributed by atoms with van der Waals surface area (Å²) in [5, 5.41) is 0. The molecule has 0 aromatic rings. The zero-order valence-corrected chi connectivity index (χ0v) is 34.1. The van der Waals surface area contributed by atoms with E-state index in [4.69, 9.17) is 18.5 Å². The highest BCUT2D eigenvalue weighted by Crippen LogP contribution is 2.38. The fraction of sp³-hybridized carbons (Fsp3) is 0.667. The second-order valence-corrected chi connectivity index (χ2v) is 15.3. The van der Waals surface area contributed by atoms with Crippen LogP contribution >= 0.6 is 7.82 Å². The molecule has 9 nitrogen and oxygen atoms in total. The molecule has 2 atom stereocenters. The molecule has 0 aliphatic heterocycles. The topological polar surface area (TPSA) is 111 Å². The van der Waals surface area contributed by atoms with Crippen LogP contribution in [0.15, 0.2) is 72.9 Å². The number of likely N-dealkylation sites (N-methyl/N-ethyl adjacent to an activating group) is 1. The fourth-order valence-corrected chi connectivity index (χ4v) is 5.34. The molecule has 1 unspecified atom stereocenters. The summed E-state index contributed by atoms with van der Waals surface area (Å²) in [4.78, 5) is 37.3. The highest BCUT2D eigenvalue weighted by Gasteiger charge is 2.21. The molecule has 0 aromatic heterocycles. The van der Waals surface area contributed by atoms with E-state index in [-0.39, 0.29) is 26.1 Å². The number of hydrogen-bond acceptors (Lipinski definition) is 8. The van der Waals surface area contributed by atoms with E-state index in [1.165, 1.54) is 12.8 Å². The molecule has 0 heterocycles. The molecule has 0 radical (unpaired) electrons. The predicted octanol–water partition coefficient (Wildman–Crippen LogP) is 10.0. The van der Waals surface area contributed by atoms with Gasteiger partial charge in [0.15, 0.2) is 6.10 Å². The maximum absolute atomic E-state index is 12.6. The first-order valence-electron chi connectivity index (χ1n) is 19.6. The minimum Gasteiger partial charge on any atom is -0.756 e. The number of unbranched alkanes of at least 4 members (excludes halogenated alkanes) is 8. The van der Waals surface area contributed by atoms with Gasteiger partial charge in [-0.25, -0.2) is 0 Å². The summed E-state index contributed by atoms with van der Waals surface area (Å²) < 4.78 is 33.7. The molecule has 0 saturated heterocycles. The molecule has 0 fully saturated rings. The Morgan fingerprint density at radius 1 is 0.615 bits per heavy atom. The van der Waals surface area contributed by atoms with Gasteiger partial charge in [-0.2, -0.15) is 0 Å². The number of ether oxygens (including phenoxy) is 2. The number of quaternary nitrogens is 1. The molecule has 298 valence electrons. The third kappa shape index (κ3) is 37.2. The normalized spacial score (nSPS) is 14.5. The van der Waals surface area contributed by atoms with E-state index in [1.807, 2.05) is 27.2 Å². The Hall–Kier alpha value is -2.55. The molecule has 0 aromatic carbocycles. The van der Waals surface area contributed by atoms with Crippen molar-refractivity contribution in [3.05, 3.63) is 72.9 Å². The van der Waals surface area contributed by atoms with Crippen LogP contribution in [0, 0.1) is 0 Å². The molecule has 0 aliphatic rings. The summed E-state index contributed by atoms with van der Waals surface area (Å²) >= 11 is 0. The lowest BCUT2D eigenvalue weighted by Crippen LogP contribution is -2.37. The third-order valence-corrected chi connectivity index (χ3v) is 8.67. The molecule has 0 bridgehead atoms. The monoisotopic (exact) mass is 749 g/mol. The van der Waals surface area contributed by atoms with Gasteiger partial charge in [-0.15, -0.1) is 0 Å². The average Bonchev–Trinajstić information content (AvgIpc) is 3.09. The van der Waals surface area contributed by atoms with Crippen LogP contribution in [0.25, 0.3) is 0 Å². The Bertz CT molecular complexity index is 1120. The Kier molecular flexibility index (Phi) is 32.6. The Morgan fingerprint density at radius 2 is 1.12 bits per heavy atom. The second-order valence-electron chi connectivity index (χ2n) is 13.9. The summed E-state index contributed by atoms with van der Waals surface area (Å²) in [5.74, 6) is -0.924. The van der Waals surface area contributed by atoms with Gasteiger partial charge in [-0.3, -0.25) is 14.2 Å². The molecule has 0 aliphatic carbocycles. The van der Waals surface area contributed by atoms with Crippen molar-refractivity contribution in [1.82, 2.24) is 0 Å². The molecule has 52 heavy (non-hydrogen) atoms. The minimum absolute atomic E-state index is 0.0449. The average molecular weight is 750 g/mol. The highest BCUT2D eigenvalue weighted by molar-refractivity contribution is 7.45. The highest BCUT2D eigenvalue weighted by atomic mass is 31.2. The van der Waals surface area contributed by atoms with Crippen LogP contribution in [-0.2, 0) is 32.7 Å². The van der Waals surface area contributed by atoms with E-state index in [0.29, 0.717) is 23.9 Å². The molecule has 0 N–H and O–H groups in total. The number of nitrogens with zero attached hydrogens (tertiary/aromatic N) is 1. The standard InChI is InChI=1S/C42H72NO8P/c1-6-8-10-12-14-16-18-19-20-21-22-23-25-26-28-30-32-34-41(44)48-38-40(39-50-52(46,47)49-37-36-43(3,4)5)51-42(45)35-33-31-29-27-24-17-15-13-11-9-7-2/h8,10,13-16,19-20,22-23,26,28,40H,6-7,9,11-12,17-18,21,24-25,27,29-39H2,1-5H3/b10-8-,15-13-,16-14-,20-19-,23-22-,28-26-/t40-/m1/s1. The number of hydrogen-bond donors (Lipinski definition) is 0. The molecular formula is C42H72NO8P. The summed E-state index contributed by atoms with van der Waals surface area (Å²) in [5.41, 5.74) is 0. The smallest absolute Gasteiger partial charge is 0.306 e. The van der Waals surface area contributed by atoms with Crippen LogP contribution in [-0.4, -0.2) is 70.0 Å². The van der Waals surface area contributed by atoms with Gasteiger partial charge in [0.2, 0.25) is 0 Å². The van der Waals surface area contributed by atoms with Gasteiger partial charge in [0, 0.05) is 12.8 Å². The number of phosphoric acid groups is 1. The summed E-state index contributed by atoms with van der Waals surface area (Å²) in [6.07, 6.45) is 40.8. The van der Waals surface area contributed by atoms with Crippen LogP contribution < -0.4 is 4.89 Å². The van der Waals surface area contributed by atoms with E-state index in [1.54, 1.807) is 0 Å². The van der Waals surface area contributed by atoms with Crippen LogP contribution in [0.2, 0.25) is 0 Å². The third-order valence-electron chi connectivity index (χ3n) is 7.71. The zero-order chi connectivity index (χ0) is 38.6. The maximum atomic E-state index is 12.6. The number of esters is 2. The fourth-order valence-electron chi connectivity index (χ4n) is 4.61. The van der Waals surface area contributed by atoms with Gasteiger partial charge in [0.1, 0.15) is 19.8 Å². The number of carbonyl (C=O) groups excluding carboxylic acids is 2. The van der Waals surface area contributed by atoms with Crippen LogP contribution in [0.1, 0.15) is 129 Å². The Labute approximate surface area is 317 Å². The number of allylic oxidation sites excluding steroid dienone is 12. The number of carbonyl (C=O) groups is 2. The first-order chi connectivity index (χ1) is 25.0. The van der Waals surface area contributed by atoms with Crippen molar-refractivity contribution in [2.75, 3.05) is 47.5 Å². The Morgan fingerprint density at radius 3 is 1.71 bits per heavy atom. The van der Waals surface area contributed by atoms with E-state index in [0.717, 1.165) is 77.0 Å². The molecular weight excluding hydrogens is 677 g/mol. The largest absolute Gasteiger partial charge is 0.756 e. The van der Waals surface area contributed by atoms with Crippen LogP contribution in [0.3, 0.4) is 0 Å². The second kappa shape index (κ2) is 34.2. The molecule has 0 spiro atoms. The van der Waals surface area contributed by atoms with Crippen molar-refractivity contribution < 1.29 is 42.1 Å². The lowest BCUT2D eigenvalue weighted by molar-refractivity contribution is -0.870. The number of rotatable bonds is 34. The van der Waals surface area contributed by atoms with E-state index in [2.05, 4.69) is 80.7 Å². The first-order valence-corrected chi connectivity index (χ1v) is 21.1. The summed E-state index contributed by atoms with van der Waals surface area (Å²) in [7, 11) is 1.11. The van der Waals surface area contributed by atoms with Crippen molar-refractivity contribution in [2.45, 2.75) is 136 Å². The van der Waals surface area contributed by atoms with Gasteiger partial charge in [0.25, 0.3) is 7.82 Å². The van der Waals surface area contributed by atoms with Crippen LogP contribution in [0.5, 0.6) is 0 Å². The van der Waals surface area contributed by atoms with Gasteiger partial charge >= 0.3 is 11.9 Å². The van der Waals surface area contributed by atoms with E-state index in [9.17, 15) is 19.0 Å². The Balaban J connectivity index is 4.53. The van der Waals surface area contributed by atoms with Gasteiger partial charge in [0.05, 0.1) is 27.7 Å². The molecule has 0 rings (SSSR count). The van der Waals surface area contributed by atoms with Crippen molar-refractivity contribution in [2.24, 2.45) is 0 Å². The van der Waals surface area contributed by atoms with Crippen molar-refractivity contribution in [1.29, 1.82) is 0 Å². The van der Waals surface area contributed by atoms with Crippen LogP contribution in [0.4, 0.5) is 0 Å². The van der Waals surface area contributed by atoms with Crippen molar-refractivity contribution in [3.63, 3.8) is 0 Å². The van der Waals surface area contributed by atoms with Crippen molar-refractivity contribution in [3.8, 4) is 0 Å². The summed E-state index contributed by atoms with van der Waals surface area (Å²) in [6, 6.07) is 0. The van der Waals surface area contributed by atoms with Crippen molar-refractivity contribution >= 4 is 19.8 Å².